The van der Waals surface area contributed by atoms with Gasteiger partial charge in [-0.25, -0.2) is 0 Å². The van der Waals surface area contributed by atoms with Crippen molar-refractivity contribution in [3.8, 4) is 0 Å². The van der Waals surface area contributed by atoms with Gasteiger partial charge in [-0.05, 0) is 11.5 Å². The first kappa shape index (κ1) is 13.4. The number of benzene rings is 1. The van der Waals surface area contributed by atoms with Gasteiger partial charge in [0.05, 0.1) is 0 Å². The predicted molar refractivity (Wildman–Crippen MR) is 65.1 cm³/mol. The van der Waals surface area contributed by atoms with Crippen molar-refractivity contribution in [3.63, 3.8) is 0 Å². The quantitative estimate of drug-likeness (QED) is 0.762. The maximum absolute atomic E-state index is 11.7. The van der Waals surface area contributed by atoms with Crippen molar-refractivity contribution in [1.82, 2.24) is 0 Å². The molecule has 4 heteroatoms. The molecular formula is C13H17NO3. The SMILES string of the molecule is CC(C)c1ccc(C(=O)C[C@@H](N)C(=O)O)cc1. The van der Waals surface area contributed by atoms with Crippen molar-refractivity contribution >= 4 is 11.8 Å². The number of carboxylic acid groups (broad SMARTS) is 1. The molecule has 4 nitrogen and oxygen atoms in total. The number of carboxylic acids is 1. The predicted octanol–water partition coefficient (Wildman–Crippen LogP) is 1.79. The minimum Gasteiger partial charge on any atom is -0.480 e. The second-order valence-electron chi connectivity index (χ2n) is 4.35. The van der Waals surface area contributed by atoms with Crippen LogP contribution in [0.4, 0.5) is 0 Å². The van der Waals surface area contributed by atoms with Crippen LogP contribution in [0.1, 0.15) is 42.1 Å². The Balaban J connectivity index is 2.73. The second-order valence-corrected chi connectivity index (χ2v) is 4.35. The smallest absolute Gasteiger partial charge is 0.320 e. The topological polar surface area (TPSA) is 80.4 Å². The van der Waals surface area contributed by atoms with Gasteiger partial charge < -0.3 is 10.8 Å². The van der Waals surface area contributed by atoms with E-state index < -0.39 is 12.0 Å². The zero-order valence-corrected chi connectivity index (χ0v) is 10.0. The van der Waals surface area contributed by atoms with Crippen molar-refractivity contribution in [2.45, 2.75) is 32.2 Å². The van der Waals surface area contributed by atoms with Crippen LogP contribution >= 0.6 is 0 Å². The first-order valence-electron chi connectivity index (χ1n) is 5.53. The summed E-state index contributed by atoms with van der Waals surface area (Å²) in [5.41, 5.74) is 6.96. The highest BCUT2D eigenvalue weighted by atomic mass is 16.4. The lowest BCUT2D eigenvalue weighted by atomic mass is 9.98. The summed E-state index contributed by atoms with van der Waals surface area (Å²) in [5.74, 6) is -0.993. The number of aliphatic carboxylic acids is 1. The van der Waals surface area contributed by atoms with Crippen LogP contribution in [0.15, 0.2) is 24.3 Å². The Kier molecular flexibility index (Phi) is 4.40. The van der Waals surface area contributed by atoms with E-state index in [1.807, 2.05) is 12.1 Å². The number of hydrogen-bond donors (Lipinski definition) is 2. The molecule has 0 heterocycles. The Morgan fingerprint density at radius 1 is 1.24 bits per heavy atom. The van der Waals surface area contributed by atoms with Crippen molar-refractivity contribution in [1.29, 1.82) is 0 Å². The van der Waals surface area contributed by atoms with E-state index in [0.29, 0.717) is 11.5 Å². The largest absolute Gasteiger partial charge is 0.480 e. The Morgan fingerprint density at radius 2 is 1.76 bits per heavy atom. The molecule has 1 atom stereocenters. The molecule has 0 aromatic heterocycles. The van der Waals surface area contributed by atoms with Gasteiger partial charge in [0.1, 0.15) is 6.04 Å². The molecule has 0 fully saturated rings. The van der Waals surface area contributed by atoms with Crippen molar-refractivity contribution in [2.75, 3.05) is 0 Å². The van der Waals surface area contributed by atoms with Gasteiger partial charge in [0, 0.05) is 12.0 Å². The molecule has 1 aromatic rings. The number of rotatable bonds is 5. The average molecular weight is 235 g/mol. The summed E-state index contributed by atoms with van der Waals surface area (Å²) in [6.07, 6.45) is -0.170. The molecular weight excluding hydrogens is 218 g/mol. The van der Waals surface area contributed by atoms with Crippen LogP contribution in [0.2, 0.25) is 0 Å². The number of hydrogen-bond acceptors (Lipinski definition) is 3. The number of carbonyl (C=O) groups is 2. The Hall–Kier alpha value is -1.68. The molecule has 0 aliphatic heterocycles. The minimum atomic E-state index is -1.16. The van der Waals surface area contributed by atoms with E-state index in [9.17, 15) is 9.59 Å². The first-order valence-corrected chi connectivity index (χ1v) is 5.53. The zero-order chi connectivity index (χ0) is 13.0. The molecule has 0 saturated carbocycles. The molecule has 0 saturated heterocycles. The highest BCUT2D eigenvalue weighted by molar-refractivity contribution is 5.98. The van der Waals surface area contributed by atoms with Crippen LogP contribution in [0, 0.1) is 0 Å². The van der Waals surface area contributed by atoms with Gasteiger partial charge in [0.2, 0.25) is 0 Å². The molecule has 0 spiro atoms. The van der Waals surface area contributed by atoms with E-state index in [-0.39, 0.29) is 12.2 Å². The Labute approximate surface area is 100 Å². The normalized spacial score (nSPS) is 12.5. The molecule has 92 valence electrons. The second kappa shape index (κ2) is 5.59. The molecule has 1 aromatic carbocycles. The van der Waals surface area contributed by atoms with Gasteiger partial charge in [-0.2, -0.15) is 0 Å². The number of nitrogens with two attached hydrogens (primary N) is 1. The summed E-state index contributed by atoms with van der Waals surface area (Å²) >= 11 is 0. The summed E-state index contributed by atoms with van der Waals surface area (Å²) in [7, 11) is 0. The van der Waals surface area contributed by atoms with E-state index in [0.717, 1.165) is 5.56 Å². The third kappa shape index (κ3) is 3.67. The lowest BCUT2D eigenvalue weighted by Crippen LogP contribution is -2.32. The summed E-state index contributed by atoms with van der Waals surface area (Å²) in [6.45, 7) is 4.13. The van der Waals surface area contributed by atoms with Gasteiger partial charge in [-0.15, -0.1) is 0 Å². The molecule has 0 amide bonds. The van der Waals surface area contributed by atoms with Gasteiger partial charge in [0.15, 0.2) is 5.78 Å². The summed E-state index contributed by atoms with van der Waals surface area (Å²) in [4.78, 5) is 22.2. The van der Waals surface area contributed by atoms with E-state index in [1.54, 1.807) is 12.1 Å². The standard InChI is InChI=1S/C13H17NO3/c1-8(2)9-3-5-10(6-4-9)12(15)7-11(14)13(16)17/h3-6,8,11H,7,14H2,1-2H3,(H,16,17)/t11-/m1/s1. The molecule has 3 N–H and O–H groups in total. The number of ketones is 1. The van der Waals surface area contributed by atoms with Crippen LogP contribution in [0.3, 0.4) is 0 Å². The summed E-state index contributed by atoms with van der Waals surface area (Å²) < 4.78 is 0. The monoisotopic (exact) mass is 235 g/mol. The van der Waals surface area contributed by atoms with Gasteiger partial charge >= 0.3 is 5.97 Å². The molecule has 0 bridgehead atoms. The third-order valence-corrected chi connectivity index (χ3v) is 2.62. The minimum absolute atomic E-state index is 0.170. The van der Waals surface area contributed by atoms with Crippen LogP contribution in [-0.2, 0) is 4.79 Å². The Morgan fingerprint density at radius 3 is 2.18 bits per heavy atom. The van der Waals surface area contributed by atoms with Crippen molar-refractivity contribution in [3.05, 3.63) is 35.4 Å². The van der Waals surface area contributed by atoms with E-state index in [4.69, 9.17) is 10.8 Å². The van der Waals surface area contributed by atoms with E-state index >= 15 is 0 Å². The highest BCUT2D eigenvalue weighted by Gasteiger charge is 2.17. The fourth-order valence-corrected chi connectivity index (χ4v) is 1.46. The van der Waals surface area contributed by atoms with E-state index in [1.165, 1.54) is 0 Å². The van der Waals surface area contributed by atoms with Crippen LogP contribution in [0.25, 0.3) is 0 Å². The molecule has 0 aliphatic rings. The van der Waals surface area contributed by atoms with Gasteiger partial charge in [-0.3, -0.25) is 9.59 Å². The summed E-state index contributed by atoms with van der Waals surface area (Å²) in [6, 6.07) is 6.06. The fraction of sp³-hybridized carbons (Fsp3) is 0.385. The van der Waals surface area contributed by atoms with Gasteiger partial charge in [0.25, 0.3) is 0 Å². The van der Waals surface area contributed by atoms with E-state index in [2.05, 4.69) is 13.8 Å². The van der Waals surface area contributed by atoms with Crippen LogP contribution in [0.5, 0.6) is 0 Å². The molecule has 1 rings (SSSR count). The molecule has 17 heavy (non-hydrogen) atoms. The number of carbonyl (C=O) groups excluding carboxylic acids is 1. The summed E-state index contributed by atoms with van der Waals surface area (Å²) in [5, 5.41) is 8.62. The molecule has 0 aliphatic carbocycles. The molecule has 0 radical (unpaired) electrons. The third-order valence-electron chi connectivity index (χ3n) is 2.62. The first-order chi connectivity index (χ1) is 7.91. The fourth-order valence-electron chi connectivity index (χ4n) is 1.46. The molecule has 0 unspecified atom stereocenters. The van der Waals surface area contributed by atoms with Crippen molar-refractivity contribution < 1.29 is 14.7 Å². The average Bonchev–Trinajstić information content (AvgIpc) is 2.28. The zero-order valence-electron chi connectivity index (χ0n) is 10.0. The van der Waals surface area contributed by atoms with Crippen molar-refractivity contribution in [2.24, 2.45) is 5.73 Å². The number of Topliss-reactive ketones (excluding diaryl/α,β-unsaturated/α-hetero) is 1. The maximum Gasteiger partial charge on any atom is 0.320 e. The van der Waals surface area contributed by atoms with Crippen LogP contribution in [-0.4, -0.2) is 22.9 Å². The Bertz CT molecular complexity index is 409. The maximum atomic E-state index is 11.7. The lowest BCUT2D eigenvalue weighted by molar-refractivity contribution is -0.138. The lowest BCUT2D eigenvalue weighted by Gasteiger charge is -2.08. The van der Waals surface area contributed by atoms with Gasteiger partial charge in [-0.1, -0.05) is 38.1 Å². The van der Waals surface area contributed by atoms with Crippen LogP contribution < -0.4 is 5.73 Å². The highest BCUT2D eigenvalue weighted by Crippen LogP contribution is 2.15.